The molecule has 0 aromatic carbocycles. The van der Waals surface area contributed by atoms with Crippen LogP contribution in [0.4, 0.5) is 5.13 Å². The van der Waals surface area contributed by atoms with Crippen molar-refractivity contribution in [3.05, 3.63) is 5.51 Å². The van der Waals surface area contributed by atoms with Gasteiger partial charge in [-0.3, -0.25) is 0 Å². The molecule has 1 atom stereocenters. The maximum Gasteiger partial charge on any atom is 0.326 e. The molecule has 0 aliphatic carbocycles. The van der Waals surface area contributed by atoms with E-state index in [0.717, 1.165) is 13.0 Å². The van der Waals surface area contributed by atoms with Crippen molar-refractivity contribution < 1.29 is 9.90 Å². The Kier molecular flexibility index (Phi) is 2.13. The Hall–Kier alpha value is -1.17. The van der Waals surface area contributed by atoms with Crippen LogP contribution in [0.3, 0.4) is 0 Å². The van der Waals surface area contributed by atoms with Crippen LogP contribution in [0.25, 0.3) is 0 Å². The fourth-order valence-corrected chi connectivity index (χ4v) is 2.18. The molecule has 1 aromatic rings. The second kappa shape index (κ2) is 3.29. The normalized spacial score (nSPS) is 22.2. The molecule has 0 amide bonds. The third-order valence-corrected chi connectivity index (χ3v) is 2.86. The molecule has 2 heterocycles. The predicted octanol–water partition coefficient (Wildman–Crippen LogP) is 0.591. The number of hydrogen-bond acceptors (Lipinski definition) is 5. The summed E-state index contributed by atoms with van der Waals surface area (Å²) in [4.78, 5) is 12.6. The number of rotatable bonds is 2. The van der Waals surface area contributed by atoms with Crippen molar-refractivity contribution in [3.63, 3.8) is 0 Å². The van der Waals surface area contributed by atoms with Gasteiger partial charge in [0.2, 0.25) is 5.13 Å². The summed E-state index contributed by atoms with van der Waals surface area (Å²) in [6, 6.07) is -0.409. The van der Waals surface area contributed by atoms with Crippen LogP contribution in [0.2, 0.25) is 0 Å². The standard InChI is InChI=1S/C7H9N3O2S/c11-6(12)5-2-1-3-10(5)7-9-8-4-13-7/h4-5H,1-3H2,(H,11,12). The van der Waals surface area contributed by atoms with E-state index < -0.39 is 12.0 Å². The fourth-order valence-electron chi connectivity index (χ4n) is 1.54. The first-order chi connectivity index (χ1) is 6.29. The van der Waals surface area contributed by atoms with Gasteiger partial charge >= 0.3 is 5.97 Å². The van der Waals surface area contributed by atoms with Gasteiger partial charge in [-0.25, -0.2) is 4.79 Å². The predicted molar refractivity (Wildman–Crippen MR) is 47.9 cm³/mol. The molecule has 1 N–H and O–H groups in total. The second-order valence-electron chi connectivity index (χ2n) is 2.91. The number of aliphatic carboxylic acids is 1. The summed E-state index contributed by atoms with van der Waals surface area (Å²) in [5, 5.41) is 17.2. The van der Waals surface area contributed by atoms with Crippen LogP contribution in [0.5, 0.6) is 0 Å². The van der Waals surface area contributed by atoms with Crippen molar-refractivity contribution in [1.82, 2.24) is 10.2 Å². The Balaban J connectivity index is 2.19. The van der Waals surface area contributed by atoms with Crippen molar-refractivity contribution in [1.29, 1.82) is 0 Å². The Bertz CT molecular complexity index is 301. The molecule has 1 saturated heterocycles. The molecule has 5 nitrogen and oxygen atoms in total. The number of hydrogen-bond donors (Lipinski definition) is 1. The van der Waals surface area contributed by atoms with E-state index in [1.807, 2.05) is 0 Å². The zero-order chi connectivity index (χ0) is 9.26. The first-order valence-corrected chi connectivity index (χ1v) is 4.92. The molecule has 70 valence electrons. The highest BCUT2D eigenvalue weighted by Gasteiger charge is 2.32. The lowest BCUT2D eigenvalue weighted by Crippen LogP contribution is -2.35. The zero-order valence-corrected chi connectivity index (χ0v) is 7.70. The van der Waals surface area contributed by atoms with Crippen LogP contribution < -0.4 is 4.90 Å². The quantitative estimate of drug-likeness (QED) is 0.755. The van der Waals surface area contributed by atoms with Gasteiger partial charge in [0, 0.05) is 6.54 Å². The third kappa shape index (κ3) is 1.49. The summed E-state index contributed by atoms with van der Waals surface area (Å²) in [6.45, 7) is 0.770. The van der Waals surface area contributed by atoms with Gasteiger partial charge < -0.3 is 10.0 Å². The van der Waals surface area contributed by atoms with Crippen molar-refractivity contribution in [2.24, 2.45) is 0 Å². The summed E-state index contributed by atoms with van der Waals surface area (Å²) >= 11 is 1.38. The lowest BCUT2D eigenvalue weighted by Gasteiger charge is -2.19. The van der Waals surface area contributed by atoms with Crippen LogP contribution in [0.15, 0.2) is 5.51 Å². The van der Waals surface area contributed by atoms with E-state index in [-0.39, 0.29) is 0 Å². The van der Waals surface area contributed by atoms with Gasteiger partial charge in [-0.1, -0.05) is 11.3 Å². The molecule has 1 aromatic heterocycles. The van der Waals surface area contributed by atoms with E-state index in [1.54, 1.807) is 10.4 Å². The molecule has 0 saturated carbocycles. The fraction of sp³-hybridized carbons (Fsp3) is 0.571. The Morgan fingerprint density at radius 3 is 3.23 bits per heavy atom. The van der Waals surface area contributed by atoms with Crippen LogP contribution in [0.1, 0.15) is 12.8 Å². The lowest BCUT2D eigenvalue weighted by atomic mass is 10.2. The molecular formula is C7H9N3O2S. The summed E-state index contributed by atoms with van der Waals surface area (Å²) < 4.78 is 0. The molecule has 0 spiro atoms. The highest BCUT2D eigenvalue weighted by molar-refractivity contribution is 7.13. The Labute approximate surface area is 79.0 Å². The molecule has 2 rings (SSSR count). The van der Waals surface area contributed by atoms with E-state index >= 15 is 0 Å². The monoisotopic (exact) mass is 199 g/mol. The summed E-state index contributed by atoms with van der Waals surface area (Å²) in [5.41, 5.74) is 1.62. The van der Waals surface area contributed by atoms with Crippen molar-refractivity contribution >= 4 is 22.4 Å². The molecule has 1 aliphatic heterocycles. The summed E-state index contributed by atoms with van der Waals surface area (Å²) in [7, 11) is 0. The van der Waals surface area contributed by atoms with Gasteiger partial charge in [0.15, 0.2) is 0 Å². The topological polar surface area (TPSA) is 66.3 Å². The minimum Gasteiger partial charge on any atom is -0.480 e. The SMILES string of the molecule is O=C(O)C1CCCN1c1nncs1. The molecule has 13 heavy (non-hydrogen) atoms. The van der Waals surface area contributed by atoms with E-state index in [9.17, 15) is 4.79 Å². The number of aromatic nitrogens is 2. The van der Waals surface area contributed by atoms with Gasteiger partial charge in [-0.2, -0.15) is 0 Å². The van der Waals surface area contributed by atoms with Crippen LogP contribution in [-0.4, -0.2) is 33.9 Å². The molecule has 0 bridgehead atoms. The lowest BCUT2D eigenvalue weighted by molar-refractivity contribution is -0.138. The molecule has 0 radical (unpaired) electrons. The number of nitrogens with zero attached hydrogens (tertiary/aromatic N) is 3. The molecule has 1 fully saturated rings. The minimum absolute atomic E-state index is 0.409. The maximum atomic E-state index is 10.8. The molecule has 6 heteroatoms. The summed E-state index contributed by atoms with van der Waals surface area (Å²) in [6.07, 6.45) is 1.62. The average molecular weight is 199 g/mol. The van der Waals surface area contributed by atoms with Gasteiger partial charge in [0.25, 0.3) is 0 Å². The first kappa shape index (κ1) is 8.43. The van der Waals surface area contributed by atoms with Crippen molar-refractivity contribution in [3.8, 4) is 0 Å². The third-order valence-electron chi connectivity index (χ3n) is 2.13. The highest BCUT2D eigenvalue weighted by Crippen LogP contribution is 2.26. The van der Waals surface area contributed by atoms with Crippen molar-refractivity contribution in [2.75, 3.05) is 11.4 Å². The van der Waals surface area contributed by atoms with Gasteiger partial charge in [-0.15, -0.1) is 10.2 Å². The maximum absolute atomic E-state index is 10.8. The number of carboxylic acid groups (broad SMARTS) is 1. The van der Waals surface area contributed by atoms with Gasteiger partial charge in [-0.05, 0) is 12.8 Å². The van der Waals surface area contributed by atoms with Gasteiger partial charge in [0.05, 0.1) is 0 Å². The van der Waals surface area contributed by atoms with Crippen LogP contribution in [0, 0.1) is 0 Å². The smallest absolute Gasteiger partial charge is 0.326 e. The zero-order valence-electron chi connectivity index (χ0n) is 6.88. The summed E-state index contributed by atoms with van der Waals surface area (Å²) in [5.74, 6) is -0.771. The number of carbonyl (C=O) groups is 1. The minimum atomic E-state index is -0.771. The highest BCUT2D eigenvalue weighted by atomic mass is 32.1. The van der Waals surface area contributed by atoms with Crippen LogP contribution >= 0.6 is 11.3 Å². The Morgan fingerprint density at radius 1 is 1.77 bits per heavy atom. The first-order valence-electron chi connectivity index (χ1n) is 4.04. The molecule has 1 unspecified atom stereocenters. The van der Waals surface area contributed by atoms with Crippen LogP contribution in [-0.2, 0) is 4.79 Å². The molecule has 1 aliphatic rings. The average Bonchev–Trinajstić information content (AvgIpc) is 2.74. The van der Waals surface area contributed by atoms with E-state index in [0.29, 0.717) is 11.6 Å². The number of carboxylic acids is 1. The molecular weight excluding hydrogens is 190 g/mol. The van der Waals surface area contributed by atoms with Crippen molar-refractivity contribution in [2.45, 2.75) is 18.9 Å². The van der Waals surface area contributed by atoms with E-state index in [1.165, 1.54) is 11.3 Å². The van der Waals surface area contributed by atoms with E-state index in [4.69, 9.17) is 5.11 Å². The number of anilines is 1. The largest absolute Gasteiger partial charge is 0.480 e. The van der Waals surface area contributed by atoms with E-state index in [2.05, 4.69) is 10.2 Å². The van der Waals surface area contributed by atoms with Gasteiger partial charge in [0.1, 0.15) is 11.6 Å². The second-order valence-corrected chi connectivity index (χ2v) is 3.72. The Morgan fingerprint density at radius 2 is 2.62 bits per heavy atom.